The van der Waals surface area contributed by atoms with Crippen LogP contribution in [0, 0.1) is 5.82 Å². The van der Waals surface area contributed by atoms with Crippen molar-refractivity contribution in [3.8, 4) is 0 Å². The first kappa shape index (κ1) is 18.1. The van der Waals surface area contributed by atoms with E-state index in [0.717, 1.165) is 37.1 Å². The second-order valence-electron chi connectivity index (χ2n) is 6.64. The molecule has 3 rings (SSSR count). The number of rotatable bonds is 6. The highest BCUT2D eigenvalue weighted by Crippen LogP contribution is 2.14. The van der Waals surface area contributed by atoms with Gasteiger partial charge in [0.25, 0.3) is 0 Å². The van der Waals surface area contributed by atoms with Gasteiger partial charge in [-0.1, -0.05) is 24.3 Å². The Morgan fingerprint density at radius 2 is 1.54 bits per heavy atom. The van der Waals surface area contributed by atoms with Crippen molar-refractivity contribution in [2.45, 2.75) is 32.1 Å². The molecule has 0 saturated carbocycles. The van der Waals surface area contributed by atoms with Crippen LogP contribution in [0.3, 0.4) is 0 Å². The Hall–Kier alpha value is -2.69. The number of benzene rings is 2. The van der Waals surface area contributed by atoms with Crippen molar-refractivity contribution >= 4 is 17.5 Å². The third kappa shape index (κ3) is 5.15. The number of amides is 2. The number of carbonyl (C=O) groups is 2. The summed E-state index contributed by atoms with van der Waals surface area (Å²) in [4.78, 5) is 26.1. The van der Waals surface area contributed by atoms with Crippen molar-refractivity contribution in [3.05, 3.63) is 65.5 Å². The van der Waals surface area contributed by atoms with Gasteiger partial charge in [0.05, 0.1) is 6.42 Å². The maximum Gasteiger partial charge on any atom is 0.228 e. The lowest BCUT2D eigenvalue weighted by Gasteiger charge is -2.15. The van der Waals surface area contributed by atoms with Gasteiger partial charge in [-0.25, -0.2) is 4.39 Å². The Labute approximate surface area is 153 Å². The maximum absolute atomic E-state index is 12.9. The highest BCUT2D eigenvalue weighted by Gasteiger charge is 2.17. The fourth-order valence-corrected chi connectivity index (χ4v) is 3.12. The summed E-state index contributed by atoms with van der Waals surface area (Å²) in [6.45, 7) is 1.77. The van der Waals surface area contributed by atoms with Crippen LogP contribution in [0.5, 0.6) is 0 Å². The number of hydrogen-bond acceptors (Lipinski definition) is 2. The second kappa shape index (κ2) is 8.61. The number of carbonyl (C=O) groups excluding carboxylic acids is 2. The molecule has 1 N–H and O–H groups in total. The molecule has 0 aromatic heterocycles. The molecule has 1 aliphatic heterocycles. The van der Waals surface area contributed by atoms with Crippen molar-refractivity contribution in [2.75, 3.05) is 18.4 Å². The van der Waals surface area contributed by atoms with E-state index < -0.39 is 0 Å². The smallest absolute Gasteiger partial charge is 0.228 e. The van der Waals surface area contributed by atoms with Crippen molar-refractivity contribution < 1.29 is 14.0 Å². The predicted molar refractivity (Wildman–Crippen MR) is 99.3 cm³/mol. The summed E-state index contributed by atoms with van der Waals surface area (Å²) in [6, 6.07) is 13.5. The molecule has 2 amide bonds. The zero-order valence-electron chi connectivity index (χ0n) is 14.7. The average Bonchev–Trinajstić information content (AvgIpc) is 3.17. The highest BCUT2D eigenvalue weighted by molar-refractivity contribution is 5.92. The lowest BCUT2D eigenvalue weighted by molar-refractivity contribution is -0.130. The van der Waals surface area contributed by atoms with Gasteiger partial charge < -0.3 is 10.2 Å². The van der Waals surface area contributed by atoms with Gasteiger partial charge in [-0.2, -0.15) is 0 Å². The van der Waals surface area contributed by atoms with Gasteiger partial charge in [0.1, 0.15) is 5.82 Å². The Morgan fingerprint density at radius 3 is 2.19 bits per heavy atom. The van der Waals surface area contributed by atoms with Crippen LogP contribution in [0.25, 0.3) is 0 Å². The molecule has 0 unspecified atom stereocenters. The molecule has 0 aliphatic carbocycles. The predicted octanol–water partition coefficient (Wildman–Crippen LogP) is 3.56. The van der Waals surface area contributed by atoms with Gasteiger partial charge in [-0.3, -0.25) is 9.59 Å². The van der Waals surface area contributed by atoms with E-state index in [2.05, 4.69) is 5.32 Å². The SMILES string of the molecule is O=C(Cc1ccc(F)cc1)Nc1ccc(CCC(=O)N2CCCC2)cc1. The first-order valence-corrected chi connectivity index (χ1v) is 9.01. The number of nitrogens with one attached hydrogen (secondary N) is 1. The number of halogens is 1. The molecule has 0 radical (unpaired) electrons. The van der Waals surface area contributed by atoms with Crippen molar-refractivity contribution in [1.29, 1.82) is 0 Å². The van der Waals surface area contributed by atoms with E-state index in [4.69, 9.17) is 0 Å². The van der Waals surface area contributed by atoms with Crippen LogP contribution < -0.4 is 5.32 Å². The van der Waals surface area contributed by atoms with E-state index >= 15 is 0 Å². The summed E-state index contributed by atoms with van der Waals surface area (Å²) < 4.78 is 12.9. The molecule has 1 saturated heterocycles. The zero-order chi connectivity index (χ0) is 18.4. The minimum atomic E-state index is -0.312. The average molecular weight is 354 g/mol. The van der Waals surface area contributed by atoms with Crippen LogP contribution in [-0.2, 0) is 22.4 Å². The monoisotopic (exact) mass is 354 g/mol. The molecule has 0 spiro atoms. The van der Waals surface area contributed by atoms with Crippen LogP contribution in [0.1, 0.15) is 30.4 Å². The fraction of sp³-hybridized carbons (Fsp3) is 0.333. The summed E-state index contributed by atoms with van der Waals surface area (Å²) in [5, 5.41) is 2.83. The minimum absolute atomic E-state index is 0.145. The topological polar surface area (TPSA) is 49.4 Å². The highest BCUT2D eigenvalue weighted by atomic mass is 19.1. The molecule has 2 aromatic rings. The summed E-state index contributed by atoms with van der Waals surface area (Å²) in [5.74, 6) is -0.235. The minimum Gasteiger partial charge on any atom is -0.343 e. The number of nitrogens with zero attached hydrogens (tertiary/aromatic N) is 1. The van der Waals surface area contributed by atoms with Gasteiger partial charge >= 0.3 is 0 Å². The van der Waals surface area contributed by atoms with Crippen molar-refractivity contribution in [1.82, 2.24) is 4.90 Å². The lowest BCUT2D eigenvalue weighted by Crippen LogP contribution is -2.27. The molecule has 1 aliphatic rings. The van der Waals surface area contributed by atoms with Gasteiger partial charge in [0, 0.05) is 25.2 Å². The largest absolute Gasteiger partial charge is 0.343 e. The van der Waals surface area contributed by atoms with Crippen LogP contribution in [0.2, 0.25) is 0 Å². The molecule has 0 bridgehead atoms. The molecular weight excluding hydrogens is 331 g/mol. The van der Waals surface area contributed by atoms with E-state index in [1.165, 1.54) is 12.1 Å². The Bertz CT molecular complexity index is 751. The number of aryl methyl sites for hydroxylation is 1. The van der Waals surface area contributed by atoms with E-state index in [1.54, 1.807) is 12.1 Å². The molecule has 1 heterocycles. The third-order valence-electron chi connectivity index (χ3n) is 4.60. The number of anilines is 1. The first-order chi connectivity index (χ1) is 12.6. The van der Waals surface area contributed by atoms with E-state index in [1.807, 2.05) is 29.2 Å². The normalized spacial score (nSPS) is 13.7. The number of hydrogen-bond donors (Lipinski definition) is 1. The van der Waals surface area contributed by atoms with Crippen LogP contribution >= 0.6 is 0 Å². The molecule has 2 aromatic carbocycles. The van der Waals surface area contributed by atoms with E-state index in [0.29, 0.717) is 18.5 Å². The summed E-state index contributed by atoms with van der Waals surface area (Å²) in [6.07, 6.45) is 3.65. The standard InChI is InChI=1S/C21H23FN2O2/c22-18-8-3-17(4-9-18)15-20(25)23-19-10-5-16(6-11-19)7-12-21(26)24-13-1-2-14-24/h3-6,8-11H,1-2,7,12-15H2,(H,23,25). The quantitative estimate of drug-likeness (QED) is 0.862. The van der Waals surface area contributed by atoms with Gasteiger partial charge in [-0.15, -0.1) is 0 Å². The van der Waals surface area contributed by atoms with Crippen LogP contribution in [-0.4, -0.2) is 29.8 Å². The summed E-state index contributed by atoms with van der Waals surface area (Å²) >= 11 is 0. The van der Waals surface area contributed by atoms with Gasteiger partial charge in [-0.05, 0) is 54.7 Å². The maximum atomic E-state index is 12.9. The second-order valence-corrected chi connectivity index (χ2v) is 6.64. The molecule has 136 valence electrons. The van der Waals surface area contributed by atoms with E-state index in [-0.39, 0.29) is 24.1 Å². The Kier molecular flexibility index (Phi) is 6.00. The van der Waals surface area contributed by atoms with E-state index in [9.17, 15) is 14.0 Å². The molecular formula is C21H23FN2O2. The Morgan fingerprint density at radius 1 is 0.923 bits per heavy atom. The third-order valence-corrected chi connectivity index (χ3v) is 4.60. The molecule has 1 fully saturated rings. The fourth-order valence-electron chi connectivity index (χ4n) is 3.12. The molecule has 26 heavy (non-hydrogen) atoms. The molecule has 4 nitrogen and oxygen atoms in total. The summed E-state index contributed by atoms with van der Waals surface area (Å²) in [5.41, 5.74) is 2.56. The van der Waals surface area contributed by atoms with Crippen molar-refractivity contribution in [2.24, 2.45) is 0 Å². The van der Waals surface area contributed by atoms with Crippen LogP contribution in [0.15, 0.2) is 48.5 Å². The number of likely N-dealkylation sites (tertiary alicyclic amines) is 1. The molecule has 5 heteroatoms. The lowest BCUT2D eigenvalue weighted by atomic mass is 10.1. The first-order valence-electron chi connectivity index (χ1n) is 9.01. The van der Waals surface area contributed by atoms with Crippen LogP contribution in [0.4, 0.5) is 10.1 Å². The summed E-state index contributed by atoms with van der Waals surface area (Å²) in [7, 11) is 0. The van der Waals surface area contributed by atoms with Crippen molar-refractivity contribution in [3.63, 3.8) is 0 Å². The Balaban J connectivity index is 1.46. The van der Waals surface area contributed by atoms with Gasteiger partial charge in [0.2, 0.25) is 11.8 Å². The molecule has 0 atom stereocenters. The van der Waals surface area contributed by atoms with Gasteiger partial charge in [0.15, 0.2) is 0 Å². The zero-order valence-corrected chi connectivity index (χ0v) is 14.7.